The molecule has 0 radical (unpaired) electrons. The minimum atomic E-state index is 0.936. The van der Waals surface area contributed by atoms with Crippen molar-refractivity contribution in [2.24, 2.45) is 11.8 Å². The summed E-state index contributed by atoms with van der Waals surface area (Å²) in [5.41, 5.74) is 4.66. The number of aryl methyl sites for hydroxylation is 1. The number of hydrogen-bond acceptors (Lipinski definition) is 0. The van der Waals surface area contributed by atoms with Crippen LogP contribution in [0, 0.1) is 35.5 Å². The first-order valence-corrected chi connectivity index (χ1v) is 12.5. The average Bonchev–Trinajstić information content (AvgIpc) is 2.83. The second-order valence-corrected chi connectivity index (χ2v) is 9.12. The largest absolute Gasteiger partial charge is 0.0979 e. The van der Waals surface area contributed by atoms with Gasteiger partial charge in [0.05, 0.1) is 0 Å². The van der Waals surface area contributed by atoms with Crippen molar-refractivity contribution in [2.45, 2.75) is 84.5 Å². The van der Waals surface area contributed by atoms with E-state index in [0.29, 0.717) is 0 Å². The van der Waals surface area contributed by atoms with Gasteiger partial charge in [-0.2, -0.15) is 0 Å². The van der Waals surface area contributed by atoms with Crippen LogP contribution in [0.2, 0.25) is 0 Å². The van der Waals surface area contributed by atoms with Gasteiger partial charge in [0.1, 0.15) is 0 Å². The molecular weight excluding hydrogens is 372 g/mol. The highest BCUT2D eigenvalue weighted by Crippen LogP contribution is 2.33. The second kappa shape index (κ2) is 13.1. The maximum absolute atomic E-state index is 3.30. The normalized spacial score (nSPS) is 17.9. The van der Waals surface area contributed by atoms with Crippen LogP contribution in [0.4, 0.5) is 0 Å². The molecule has 0 heteroatoms. The summed E-state index contributed by atoms with van der Waals surface area (Å²) in [5, 5.41) is 0. The lowest BCUT2D eigenvalue weighted by Gasteiger charge is -2.27. The number of rotatable bonds is 7. The Bertz CT molecular complexity index is 885. The van der Waals surface area contributed by atoms with Crippen LogP contribution in [0.5, 0.6) is 0 Å². The summed E-state index contributed by atoms with van der Waals surface area (Å²) < 4.78 is 0. The SMILES string of the molecule is CCCCCC#Cc1ccc(C#Cc2ccc(CCC3CCC(CC)CC3)cc2)cc1. The Hall–Kier alpha value is -2.44. The number of benzene rings is 2. The summed E-state index contributed by atoms with van der Waals surface area (Å²) in [4.78, 5) is 0. The van der Waals surface area contributed by atoms with Crippen molar-refractivity contribution in [3.63, 3.8) is 0 Å². The maximum atomic E-state index is 3.30. The molecule has 0 atom stereocenters. The highest BCUT2D eigenvalue weighted by atomic mass is 14.2. The Balaban J connectivity index is 1.46. The fourth-order valence-corrected chi connectivity index (χ4v) is 4.46. The van der Waals surface area contributed by atoms with Crippen molar-refractivity contribution in [3.8, 4) is 23.7 Å². The van der Waals surface area contributed by atoms with Gasteiger partial charge in [-0.25, -0.2) is 0 Å². The van der Waals surface area contributed by atoms with E-state index in [1.54, 1.807) is 0 Å². The first-order valence-electron chi connectivity index (χ1n) is 12.5. The Morgan fingerprint density at radius 1 is 0.677 bits per heavy atom. The van der Waals surface area contributed by atoms with Gasteiger partial charge in [-0.3, -0.25) is 0 Å². The molecule has 0 N–H and O–H groups in total. The van der Waals surface area contributed by atoms with Crippen LogP contribution in [0.3, 0.4) is 0 Å². The highest BCUT2D eigenvalue weighted by Gasteiger charge is 2.19. The molecule has 0 heterocycles. The molecule has 31 heavy (non-hydrogen) atoms. The molecule has 0 spiro atoms. The van der Waals surface area contributed by atoms with Crippen LogP contribution in [-0.4, -0.2) is 0 Å². The van der Waals surface area contributed by atoms with Gasteiger partial charge in [-0.05, 0) is 73.1 Å². The Labute approximate surface area is 190 Å². The summed E-state index contributed by atoms with van der Waals surface area (Å²) in [6.45, 7) is 4.57. The van der Waals surface area contributed by atoms with E-state index < -0.39 is 0 Å². The van der Waals surface area contributed by atoms with E-state index >= 15 is 0 Å². The maximum Gasteiger partial charge on any atom is 0.0249 e. The van der Waals surface area contributed by atoms with Gasteiger partial charge in [0.2, 0.25) is 0 Å². The van der Waals surface area contributed by atoms with E-state index in [0.717, 1.165) is 34.9 Å². The third kappa shape index (κ3) is 8.31. The molecule has 0 amide bonds. The predicted molar refractivity (Wildman–Crippen MR) is 134 cm³/mol. The quantitative estimate of drug-likeness (QED) is 0.319. The molecule has 0 unspecified atom stereocenters. The van der Waals surface area contributed by atoms with E-state index in [9.17, 15) is 0 Å². The lowest BCUT2D eigenvalue weighted by atomic mass is 9.78. The third-order valence-electron chi connectivity index (χ3n) is 6.71. The zero-order valence-corrected chi connectivity index (χ0v) is 19.6. The average molecular weight is 411 g/mol. The molecule has 0 bridgehead atoms. The van der Waals surface area contributed by atoms with Crippen molar-refractivity contribution in [2.75, 3.05) is 0 Å². The van der Waals surface area contributed by atoms with Crippen molar-refractivity contribution in [1.29, 1.82) is 0 Å². The summed E-state index contributed by atoms with van der Waals surface area (Å²) in [7, 11) is 0. The van der Waals surface area contributed by atoms with Crippen molar-refractivity contribution < 1.29 is 0 Å². The van der Waals surface area contributed by atoms with Gasteiger partial charge in [-0.15, -0.1) is 0 Å². The molecule has 3 rings (SSSR count). The zero-order chi connectivity index (χ0) is 21.7. The highest BCUT2D eigenvalue weighted by molar-refractivity contribution is 5.46. The minimum Gasteiger partial charge on any atom is -0.0979 e. The molecule has 1 saturated carbocycles. The molecule has 0 aliphatic heterocycles. The van der Waals surface area contributed by atoms with Crippen LogP contribution in [0.25, 0.3) is 0 Å². The minimum absolute atomic E-state index is 0.936. The molecule has 0 nitrogen and oxygen atoms in total. The van der Waals surface area contributed by atoms with Gasteiger partial charge < -0.3 is 0 Å². The van der Waals surface area contributed by atoms with Crippen LogP contribution in [0.1, 0.15) is 100 Å². The van der Waals surface area contributed by atoms with Gasteiger partial charge in [0.15, 0.2) is 0 Å². The van der Waals surface area contributed by atoms with Crippen molar-refractivity contribution >= 4 is 0 Å². The third-order valence-corrected chi connectivity index (χ3v) is 6.71. The molecule has 162 valence electrons. The molecule has 2 aromatic rings. The van der Waals surface area contributed by atoms with E-state index in [4.69, 9.17) is 0 Å². The van der Waals surface area contributed by atoms with Crippen LogP contribution in [0.15, 0.2) is 48.5 Å². The van der Waals surface area contributed by atoms with E-state index in [-0.39, 0.29) is 0 Å². The van der Waals surface area contributed by atoms with Gasteiger partial charge >= 0.3 is 0 Å². The van der Waals surface area contributed by atoms with Gasteiger partial charge in [0.25, 0.3) is 0 Å². The summed E-state index contributed by atoms with van der Waals surface area (Å²) in [6, 6.07) is 17.2. The molecule has 1 fully saturated rings. The summed E-state index contributed by atoms with van der Waals surface area (Å²) in [6.07, 6.45) is 14.4. The molecule has 1 aliphatic carbocycles. The molecule has 1 aliphatic rings. The number of unbranched alkanes of at least 4 members (excludes halogenated alkanes) is 3. The van der Waals surface area contributed by atoms with Crippen molar-refractivity contribution in [3.05, 3.63) is 70.8 Å². The lowest BCUT2D eigenvalue weighted by molar-refractivity contribution is 0.259. The van der Waals surface area contributed by atoms with E-state index in [2.05, 4.69) is 86.1 Å². The zero-order valence-electron chi connectivity index (χ0n) is 19.6. The Morgan fingerprint density at radius 2 is 1.23 bits per heavy atom. The molecular formula is C31H38. The van der Waals surface area contributed by atoms with Gasteiger partial charge in [0, 0.05) is 23.1 Å². The van der Waals surface area contributed by atoms with Crippen LogP contribution in [-0.2, 0) is 6.42 Å². The fraction of sp³-hybridized carbons (Fsp3) is 0.484. The summed E-state index contributed by atoms with van der Waals surface area (Å²) in [5.74, 6) is 15.0. The topological polar surface area (TPSA) is 0 Å². The lowest BCUT2D eigenvalue weighted by Crippen LogP contribution is -2.14. The van der Waals surface area contributed by atoms with E-state index in [1.807, 2.05) is 0 Å². The molecule has 2 aromatic carbocycles. The molecule has 0 saturated heterocycles. The fourth-order valence-electron chi connectivity index (χ4n) is 4.46. The smallest absolute Gasteiger partial charge is 0.0249 e. The Kier molecular flexibility index (Phi) is 9.80. The molecule has 0 aromatic heterocycles. The predicted octanol–water partition coefficient (Wildman–Crippen LogP) is 8.17. The van der Waals surface area contributed by atoms with Crippen LogP contribution < -0.4 is 0 Å². The first kappa shape index (κ1) is 23.2. The monoisotopic (exact) mass is 410 g/mol. The van der Waals surface area contributed by atoms with E-state index in [1.165, 1.54) is 69.8 Å². The standard InChI is InChI=1S/C31H38/c1-3-5-6-7-8-9-27-14-16-29(17-15-27)20-21-31-24-22-30(23-25-31)19-18-28-12-10-26(4-2)11-13-28/h14-17,22-26,28H,3-7,10-13,18-19H2,1-2H3. The second-order valence-electron chi connectivity index (χ2n) is 9.12. The summed E-state index contributed by atoms with van der Waals surface area (Å²) >= 11 is 0. The number of hydrogen-bond donors (Lipinski definition) is 0. The van der Waals surface area contributed by atoms with Crippen LogP contribution >= 0.6 is 0 Å². The van der Waals surface area contributed by atoms with Gasteiger partial charge in [-0.1, -0.05) is 94.6 Å². The van der Waals surface area contributed by atoms with Crippen molar-refractivity contribution in [1.82, 2.24) is 0 Å². The first-order chi connectivity index (χ1) is 15.3. The Morgan fingerprint density at radius 3 is 1.81 bits per heavy atom.